The van der Waals surface area contributed by atoms with Crippen LogP contribution in [0.2, 0.25) is 5.02 Å². The molecule has 160 valence electrons. The molecular weight excluding hydrogens is 406 g/mol. The van der Waals surface area contributed by atoms with E-state index in [0.29, 0.717) is 23.7 Å². The Morgan fingerprint density at radius 2 is 1.93 bits per heavy atom. The number of aromatic nitrogens is 1. The van der Waals surface area contributed by atoms with Gasteiger partial charge in [0.25, 0.3) is 5.91 Å². The van der Waals surface area contributed by atoms with Crippen LogP contribution < -0.4 is 10.2 Å². The number of fused-ring (bicyclic) bond motifs is 1. The van der Waals surface area contributed by atoms with Gasteiger partial charge in [-0.05, 0) is 63.1 Å². The first-order valence-corrected chi connectivity index (χ1v) is 10.3. The molecule has 8 heteroatoms. The third-order valence-electron chi connectivity index (χ3n) is 4.88. The molecule has 2 unspecified atom stereocenters. The Bertz CT molecular complexity index is 904. The van der Waals surface area contributed by atoms with Crippen molar-refractivity contribution in [3.8, 4) is 0 Å². The van der Waals surface area contributed by atoms with Gasteiger partial charge < -0.3 is 14.8 Å². The number of ether oxygens (including phenoxy) is 2. The van der Waals surface area contributed by atoms with Gasteiger partial charge in [0.1, 0.15) is 6.10 Å². The molecule has 0 aliphatic carbocycles. The minimum absolute atomic E-state index is 0.198. The molecule has 0 fully saturated rings. The highest BCUT2D eigenvalue weighted by molar-refractivity contribution is 6.30. The third kappa shape index (κ3) is 5.29. The molecule has 1 aliphatic rings. The van der Waals surface area contributed by atoms with E-state index in [4.69, 9.17) is 26.1 Å². The Labute approximate surface area is 181 Å². The predicted molar refractivity (Wildman–Crippen MR) is 115 cm³/mol. The van der Waals surface area contributed by atoms with E-state index in [-0.39, 0.29) is 18.1 Å². The van der Waals surface area contributed by atoms with Crippen LogP contribution in [0.1, 0.15) is 48.1 Å². The number of benzene rings is 1. The summed E-state index contributed by atoms with van der Waals surface area (Å²) in [5, 5.41) is 3.53. The summed E-state index contributed by atoms with van der Waals surface area (Å²) < 4.78 is 10.5. The topological polar surface area (TPSA) is 80.8 Å². The fraction of sp³-hybridized carbons (Fsp3) is 0.409. The second-order valence-electron chi connectivity index (χ2n) is 7.31. The summed E-state index contributed by atoms with van der Waals surface area (Å²) in [5.41, 5.74) is 2.83. The molecule has 7 nitrogen and oxygen atoms in total. The summed E-state index contributed by atoms with van der Waals surface area (Å²) in [7, 11) is 1.57. The van der Waals surface area contributed by atoms with E-state index >= 15 is 0 Å². The number of hydrogen-bond acceptors (Lipinski definition) is 5. The lowest BCUT2D eigenvalue weighted by molar-refractivity contribution is 0.0525. The molecule has 1 N–H and O–H groups in total. The number of anilines is 1. The first kappa shape index (κ1) is 22.1. The number of carbonyl (C=O) groups excluding carboxylic acids is 2. The van der Waals surface area contributed by atoms with Crippen LogP contribution in [0, 0.1) is 0 Å². The highest BCUT2D eigenvalue weighted by Gasteiger charge is 2.27. The Hall–Kier alpha value is -2.64. The van der Waals surface area contributed by atoms with Gasteiger partial charge in [0.15, 0.2) is 0 Å². The van der Waals surface area contributed by atoms with Crippen molar-refractivity contribution in [2.75, 3.05) is 25.2 Å². The molecule has 1 aliphatic heterocycles. The SMILES string of the molecule is COCC(C)OC(=O)N1CCCc2nc(C(C)NC(=O)c3ccc(Cl)cc3)ccc21. The summed E-state index contributed by atoms with van der Waals surface area (Å²) in [4.78, 5) is 31.3. The molecule has 0 spiro atoms. The zero-order chi connectivity index (χ0) is 21.7. The number of nitrogens with one attached hydrogen (secondary N) is 1. The molecule has 2 heterocycles. The molecule has 1 aromatic heterocycles. The van der Waals surface area contributed by atoms with Crippen LogP contribution >= 0.6 is 11.6 Å². The van der Waals surface area contributed by atoms with Gasteiger partial charge in [-0.2, -0.15) is 0 Å². The lowest BCUT2D eigenvalue weighted by atomic mass is 10.1. The highest BCUT2D eigenvalue weighted by Crippen LogP contribution is 2.28. The van der Waals surface area contributed by atoms with Crippen molar-refractivity contribution < 1.29 is 19.1 Å². The second-order valence-corrected chi connectivity index (χ2v) is 7.75. The van der Waals surface area contributed by atoms with Gasteiger partial charge in [-0.25, -0.2) is 4.79 Å². The molecule has 0 bridgehead atoms. The number of pyridine rings is 1. The number of rotatable bonds is 6. The number of aryl methyl sites for hydroxylation is 1. The monoisotopic (exact) mass is 431 g/mol. The zero-order valence-electron chi connectivity index (χ0n) is 17.4. The van der Waals surface area contributed by atoms with Crippen LogP contribution in [-0.4, -0.2) is 43.3 Å². The summed E-state index contributed by atoms with van der Waals surface area (Å²) in [6, 6.07) is 10.1. The number of halogens is 1. The molecule has 2 atom stereocenters. The highest BCUT2D eigenvalue weighted by atomic mass is 35.5. The van der Waals surface area contributed by atoms with Crippen molar-refractivity contribution in [3.05, 3.63) is 58.4 Å². The van der Waals surface area contributed by atoms with Gasteiger partial charge in [-0.15, -0.1) is 0 Å². The maximum atomic E-state index is 12.5. The quantitative estimate of drug-likeness (QED) is 0.743. The Morgan fingerprint density at radius 3 is 2.63 bits per heavy atom. The molecule has 3 rings (SSSR count). The standard InChI is InChI=1S/C22H26ClN3O4/c1-14(13-29-3)30-22(28)26-12-4-5-19-20(26)11-10-18(25-19)15(2)24-21(27)16-6-8-17(23)9-7-16/h6-11,14-15H,4-5,12-13H2,1-3H3,(H,24,27). The number of nitrogens with zero attached hydrogens (tertiary/aromatic N) is 2. The molecule has 2 amide bonds. The van der Waals surface area contributed by atoms with Crippen LogP contribution in [-0.2, 0) is 15.9 Å². The van der Waals surface area contributed by atoms with Crippen LogP contribution in [0.5, 0.6) is 0 Å². The van der Waals surface area contributed by atoms with Crippen molar-refractivity contribution in [2.24, 2.45) is 0 Å². The summed E-state index contributed by atoms with van der Waals surface area (Å²) >= 11 is 5.88. The van der Waals surface area contributed by atoms with Gasteiger partial charge in [-0.3, -0.25) is 14.7 Å². The Morgan fingerprint density at radius 1 is 1.20 bits per heavy atom. The van der Waals surface area contributed by atoms with Gasteiger partial charge >= 0.3 is 6.09 Å². The van der Waals surface area contributed by atoms with Crippen molar-refractivity contribution in [1.82, 2.24) is 10.3 Å². The number of amides is 2. The maximum absolute atomic E-state index is 12.5. The lowest BCUT2D eigenvalue weighted by Gasteiger charge is -2.29. The molecule has 0 saturated carbocycles. The van der Waals surface area contributed by atoms with E-state index < -0.39 is 6.09 Å². The van der Waals surface area contributed by atoms with Crippen molar-refractivity contribution in [2.45, 2.75) is 38.8 Å². The van der Waals surface area contributed by atoms with Gasteiger partial charge in [0.2, 0.25) is 0 Å². The van der Waals surface area contributed by atoms with E-state index in [1.165, 1.54) is 0 Å². The van der Waals surface area contributed by atoms with Crippen molar-refractivity contribution in [3.63, 3.8) is 0 Å². The van der Waals surface area contributed by atoms with Crippen LogP contribution in [0.4, 0.5) is 10.5 Å². The second kappa shape index (κ2) is 9.91. The number of carbonyl (C=O) groups is 2. The van der Waals surface area contributed by atoms with E-state index in [2.05, 4.69) is 5.32 Å². The summed E-state index contributed by atoms with van der Waals surface area (Å²) in [6.07, 6.45) is 0.823. The van der Waals surface area contributed by atoms with Gasteiger partial charge in [-0.1, -0.05) is 11.6 Å². The average Bonchev–Trinajstić information content (AvgIpc) is 2.73. The van der Waals surface area contributed by atoms with Gasteiger partial charge in [0, 0.05) is 24.2 Å². The van der Waals surface area contributed by atoms with Crippen LogP contribution in [0.3, 0.4) is 0 Å². The summed E-state index contributed by atoms with van der Waals surface area (Å²) in [5.74, 6) is -0.198. The first-order valence-electron chi connectivity index (χ1n) is 9.92. The number of methoxy groups -OCH3 is 1. The fourth-order valence-electron chi connectivity index (χ4n) is 3.36. The number of hydrogen-bond donors (Lipinski definition) is 1. The van der Waals surface area contributed by atoms with E-state index in [0.717, 1.165) is 29.9 Å². The molecule has 2 aromatic rings. The maximum Gasteiger partial charge on any atom is 0.414 e. The smallest absolute Gasteiger partial charge is 0.414 e. The van der Waals surface area contributed by atoms with E-state index in [1.54, 1.807) is 43.2 Å². The normalized spacial score (nSPS) is 15.1. The molecule has 0 radical (unpaired) electrons. The van der Waals surface area contributed by atoms with Crippen LogP contribution in [0.15, 0.2) is 36.4 Å². The third-order valence-corrected chi connectivity index (χ3v) is 5.13. The fourth-order valence-corrected chi connectivity index (χ4v) is 3.48. The molecular formula is C22H26ClN3O4. The predicted octanol–water partition coefficient (Wildman–Crippen LogP) is 4.15. The first-order chi connectivity index (χ1) is 14.4. The molecule has 30 heavy (non-hydrogen) atoms. The average molecular weight is 432 g/mol. The lowest BCUT2D eigenvalue weighted by Crippen LogP contribution is -2.38. The van der Waals surface area contributed by atoms with Crippen LogP contribution in [0.25, 0.3) is 0 Å². The van der Waals surface area contributed by atoms with Crippen molar-refractivity contribution in [1.29, 1.82) is 0 Å². The Balaban J connectivity index is 1.71. The summed E-state index contributed by atoms with van der Waals surface area (Å²) in [6.45, 7) is 4.59. The largest absolute Gasteiger partial charge is 0.444 e. The molecule has 1 aromatic carbocycles. The van der Waals surface area contributed by atoms with Gasteiger partial charge in [0.05, 0.1) is 29.7 Å². The van der Waals surface area contributed by atoms with E-state index in [1.807, 2.05) is 19.1 Å². The molecule has 0 saturated heterocycles. The minimum atomic E-state index is -0.404. The zero-order valence-corrected chi connectivity index (χ0v) is 18.1. The minimum Gasteiger partial charge on any atom is -0.444 e. The van der Waals surface area contributed by atoms with Crippen molar-refractivity contribution >= 4 is 29.3 Å². The van der Waals surface area contributed by atoms with E-state index in [9.17, 15) is 9.59 Å². The Kier molecular flexibility index (Phi) is 7.29.